The molecular weight excluding hydrogens is 379 g/mol. The quantitative estimate of drug-likeness (QED) is 0.751. The van der Waals surface area contributed by atoms with Gasteiger partial charge in [-0.05, 0) is 42.3 Å². The Labute approximate surface area is 157 Å². The van der Waals surface area contributed by atoms with E-state index in [1.807, 2.05) is 0 Å². The van der Waals surface area contributed by atoms with Gasteiger partial charge in [-0.2, -0.15) is 0 Å². The predicted molar refractivity (Wildman–Crippen MR) is 99.7 cm³/mol. The zero-order chi connectivity index (χ0) is 19.3. The van der Waals surface area contributed by atoms with E-state index in [2.05, 4.69) is 10.0 Å². The highest BCUT2D eigenvalue weighted by Crippen LogP contribution is 2.21. The van der Waals surface area contributed by atoms with Gasteiger partial charge in [-0.25, -0.2) is 17.5 Å². The second-order valence-corrected chi connectivity index (χ2v) is 8.26. The van der Waals surface area contributed by atoms with E-state index in [1.54, 1.807) is 43.3 Å². The molecule has 8 heteroatoms. The molecule has 0 radical (unpaired) electrons. The minimum absolute atomic E-state index is 0.0831. The number of rotatable bonds is 7. The van der Waals surface area contributed by atoms with Crippen LogP contribution in [-0.2, 0) is 14.8 Å². The number of halogens is 2. The Morgan fingerprint density at radius 3 is 2.15 bits per heavy atom. The molecule has 0 bridgehead atoms. The lowest BCUT2D eigenvalue weighted by molar-refractivity contribution is -0.122. The van der Waals surface area contributed by atoms with E-state index in [9.17, 15) is 17.6 Å². The van der Waals surface area contributed by atoms with Crippen molar-refractivity contribution in [2.45, 2.75) is 25.4 Å². The molecule has 2 rings (SSSR count). The number of carbonyl (C=O) groups excluding carboxylic acids is 1. The van der Waals surface area contributed by atoms with E-state index >= 15 is 0 Å². The Morgan fingerprint density at radius 2 is 1.62 bits per heavy atom. The highest BCUT2D eigenvalue weighted by Gasteiger charge is 2.21. The van der Waals surface area contributed by atoms with Crippen LogP contribution in [0.2, 0.25) is 5.02 Å². The molecule has 0 heterocycles. The molecule has 0 saturated heterocycles. The molecule has 140 valence electrons. The van der Waals surface area contributed by atoms with Crippen molar-refractivity contribution < 1.29 is 17.6 Å². The van der Waals surface area contributed by atoms with Crippen molar-refractivity contribution in [3.05, 3.63) is 70.5 Å². The van der Waals surface area contributed by atoms with Crippen LogP contribution in [0.1, 0.15) is 36.6 Å². The molecule has 0 aromatic heterocycles. The third-order valence-electron chi connectivity index (χ3n) is 3.77. The normalized spacial score (nSPS) is 13.8. The van der Waals surface area contributed by atoms with Crippen LogP contribution in [0.4, 0.5) is 4.39 Å². The molecule has 2 aromatic rings. The topological polar surface area (TPSA) is 75.3 Å². The summed E-state index contributed by atoms with van der Waals surface area (Å²) in [6.07, 6.45) is 0.954. The second-order valence-electron chi connectivity index (χ2n) is 6.04. The van der Waals surface area contributed by atoms with Gasteiger partial charge in [0.1, 0.15) is 5.82 Å². The molecule has 5 nitrogen and oxygen atoms in total. The van der Waals surface area contributed by atoms with Crippen LogP contribution >= 0.6 is 11.6 Å². The van der Waals surface area contributed by atoms with Crippen LogP contribution in [0.25, 0.3) is 0 Å². The summed E-state index contributed by atoms with van der Waals surface area (Å²) in [5.41, 5.74) is 1.38. The maximum Gasteiger partial charge on any atom is 0.222 e. The van der Waals surface area contributed by atoms with Crippen molar-refractivity contribution in [1.29, 1.82) is 0 Å². The van der Waals surface area contributed by atoms with Crippen molar-refractivity contribution >= 4 is 27.5 Å². The average molecular weight is 399 g/mol. The molecule has 2 N–H and O–H groups in total. The minimum atomic E-state index is -3.52. The van der Waals surface area contributed by atoms with Crippen molar-refractivity contribution in [2.24, 2.45) is 0 Å². The molecule has 0 spiro atoms. The van der Waals surface area contributed by atoms with Gasteiger partial charge < -0.3 is 5.32 Å². The van der Waals surface area contributed by atoms with E-state index in [0.717, 1.165) is 11.8 Å². The van der Waals surface area contributed by atoms with Gasteiger partial charge in [0.25, 0.3) is 0 Å². The van der Waals surface area contributed by atoms with Crippen LogP contribution in [0.15, 0.2) is 48.5 Å². The zero-order valence-corrected chi connectivity index (χ0v) is 15.9. The molecule has 0 fully saturated rings. The van der Waals surface area contributed by atoms with Crippen molar-refractivity contribution in [3.8, 4) is 0 Å². The largest absolute Gasteiger partial charge is 0.350 e. The third-order valence-corrected chi connectivity index (χ3v) is 4.73. The summed E-state index contributed by atoms with van der Waals surface area (Å²) in [4.78, 5) is 12.4. The smallest absolute Gasteiger partial charge is 0.222 e. The predicted octanol–water partition coefficient (Wildman–Crippen LogP) is 3.34. The summed E-state index contributed by atoms with van der Waals surface area (Å²) in [6, 6.07) is 11.4. The lowest BCUT2D eigenvalue weighted by atomic mass is 10.0. The number of amides is 1. The fraction of sp³-hybridized carbons (Fsp3) is 0.278. The van der Waals surface area contributed by atoms with E-state index in [0.29, 0.717) is 10.6 Å². The maximum absolute atomic E-state index is 13.0. The van der Waals surface area contributed by atoms with Gasteiger partial charge in [-0.15, -0.1) is 0 Å². The molecule has 0 aliphatic rings. The highest BCUT2D eigenvalue weighted by molar-refractivity contribution is 7.88. The number of hydrogen-bond donors (Lipinski definition) is 2. The number of hydrogen-bond acceptors (Lipinski definition) is 3. The zero-order valence-electron chi connectivity index (χ0n) is 14.4. The van der Waals surface area contributed by atoms with E-state index < -0.39 is 16.1 Å². The Kier molecular flexibility index (Phi) is 6.75. The molecule has 0 unspecified atom stereocenters. The fourth-order valence-electron chi connectivity index (χ4n) is 2.50. The Morgan fingerprint density at radius 1 is 1.08 bits per heavy atom. The van der Waals surface area contributed by atoms with E-state index in [4.69, 9.17) is 11.6 Å². The first kappa shape index (κ1) is 20.4. The fourth-order valence-corrected chi connectivity index (χ4v) is 3.36. The van der Waals surface area contributed by atoms with Gasteiger partial charge in [0.05, 0.1) is 18.3 Å². The number of carbonyl (C=O) groups is 1. The standard InChI is InChI=1S/C18H20ClFN2O3S/c1-12(13-5-9-16(20)10-6-13)21-18(23)11-17(22-26(2,24)25)14-3-7-15(19)8-4-14/h3-10,12,17,22H,11H2,1-2H3,(H,21,23)/t12-,17-/m0/s1. The lowest BCUT2D eigenvalue weighted by Crippen LogP contribution is -2.34. The second kappa shape index (κ2) is 8.62. The molecular formula is C18H20ClFN2O3S. The first-order valence-corrected chi connectivity index (χ1v) is 10.2. The summed E-state index contributed by atoms with van der Waals surface area (Å²) in [7, 11) is -3.52. The number of nitrogens with one attached hydrogen (secondary N) is 2. The molecule has 1 amide bonds. The summed E-state index contributed by atoms with van der Waals surface area (Å²) in [5.74, 6) is -0.689. The van der Waals surface area contributed by atoms with Crippen molar-refractivity contribution in [1.82, 2.24) is 10.0 Å². The van der Waals surface area contributed by atoms with Gasteiger partial charge in [-0.1, -0.05) is 35.9 Å². The van der Waals surface area contributed by atoms with Gasteiger partial charge in [-0.3, -0.25) is 4.79 Å². The van der Waals surface area contributed by atoms with Crippen molar-refractivity contribution in [2.75, 3.05) is 6.26 Å². The van der Waals surface area contributed by atoms with Crippen LogP contribution < -0.4 is 10.0 Å². The third kappa shape index (κ3) is 6.40. The van der Waals surface area contributed by atoms with E-state index in [1.165, 1.54) is 12.1 Å². The summed E-state index contributed by atoms with van der Waals surface area (Å²) in [5, 5.41) is 3.31. The number of benzene rings is 2. The van der Waals surface area contributed by atoms with Crippen molar-refractivity contribution in [3.63, 3.8) is 0 Å². The number of sulfonamides is 1. The van der Waals surface area contributed by atoms with Crippen LogP contribution in [0, 0.1) is 5.82 Å². The SMILES string of the molecule is C[C@H](NC(=O)C[C@H](NS(C)(=O)=O)c1ccc(Cl)cc1)c1ccc(F)cc1. The van der Waals surface area contributed by atoms with E-state index in [-0.39, 0.29) is 24.2 Å². The average Bonchev–Trinajstić information content (AvgIpc) is 2.54. The molecule has 0 saturated carbocycles. The van der Waals surface area contributed by atoms with Gasteiger partial charge in [0.15, 0.2) is 0 Å². The maximum atomic E-state index is 13.0. The van der Waals surface area contributed by atoms with Gasteiger partial charge in [0.2, 0.25) is 15.9 Å². The highest BCUT2D eigenvalue weighted by atomic mass is 35.5. The molecule has 2 atom stereocenters. The first-order chi connectivity index (χ1) is 12.1. The molecule has 26 heavy (non-hydrogen) atoms. The van der Waals surface area contributed by atoms with Crippen LogP contribution in [-0.4, -0.2) is 20.6 Å². The monoisotopic (exact) mass is 398 g/mol. The van der Waals surface area contributed by atoms with Crippen LogP contribution in [0.5, 0.6) is 0 Å². The minimum Gasteiger partial charge on any atom is -0.350 e. The molecule has 0 aliphatic carbocycles. The Hall–Kier alpha value is -1.96. The van der Waals surface area contributed by atoms with Crippen LogP contribution in [0.3, 0.4) is 0 Å². The summed E-state index contributed by atoms with van der Waals surface area (Å²) >= 11 is 5.86. The van der Waals surface area contributed by atoms with Gasteiger partial charge >= 0.3 is 0 Å². The Bertz CT molecular complexity index is 855. The summed E-state index contributed by atoms with van der Waals surface area (Å²) < 4.78 is 38.7. The molecule has 0 aliphatic heterocycles. The first-order valence-electron chi connectivity index (χ1n) is 7.91. The summed E-state index contributed by atoms with van der Waals surface area (Å²) in [6.45, 7) is 1.77. The van der Waals surface area contributed by atoms with Gasteiger partial charge in [0, 0.05) is 11.4 Å². The lowest BCUT2D eigenvalue weighted by Gasteiger charge is -2.20. The molecule has 2 aromatic carbocycles. The Balaban J connectivity index is 2.10.